The van der Waals surface area contributed by atoms with Gasteiger partial charge in [0.25, 0.3) is 0 Å². The topological polar surface area (TPSA) is 9.23 Å². The van der Waals surface area contributed by atoms with E-state index < -0.39 is 0 Å². The van der Waals surface area contributed by atoms with Gasteiger partial charge in [-0.1, -0.05) is 70.4 Å². The summed E-state index contributed by atoms with van der Waals surface area (Å²) in [4.78, 5) is 0. The second kappa shape index (κ2) is 17.6. The standard InChI is InChI=1S/C22H42O/c1-5-6-7-8-9-10-11-12-13-14-19-23-20-18-22(4)17-15-16-21(2)3/h14,16,19,22H,5-13,15,17-18,20H2,1-4H3. The first-order valence-corrected chi connectivity index (χ1v) is 10.1. The molecule has 0 rings (SSSR count). The number of rotatable bonds is 16. The number of hydrogen-bond donors (Lipinski definition) is 0. The molecule has 0 aliphatic carbocycles. The fraction of sp³-hybridized carbons (Fsp3) is 0.818. The van der Waals surface area contributed by atoms with E-state index in [-0.39, 0.29) is 0 Å². The Morgan fingerprint density at radius 3 is 2.17 bits per heavy atom. The first-order valence-electron chi connectivity index (χ1n) is 10.1. The van der Waals surface area contributed by atoms with Gasteiger partial charge in [-0.3, -0.25) is 0 Å². The van der Waals surface area contributed by atoms with Gasteiger partial charge < -0.3 is 4.74 Å². The van der Waals surface area contributed by atoms with Crippen LogP contribution in [-0.2, 0) is 4.74 Å². The molecule has 0 aromatic heterocycles. The Bertz CT molecular complexity index is 286. The number of hydrogen-bond acceptors (Lipinski definition) is 1. The van der Waals surface area contributed by atoms with Gasteiger partial charge in [0.15, 0.2) is 0 Å². The molecule has 1 nitrogen and oxygen atoms in total. The van der Waals surface area contributed by atoms with Crippen LogP contribution < -0.4 is 0 Å². The molecule has 0 saturated carbocycles. The van der Waals surface area contributed by atoms with Crippen molar-refractivity contribution in [2.45, 2.75) is 105 Å². The van der Waals surface area contributed by atoms with Crippen LogP contribution in [0.25, 0.3) is 0 Å². The highest BCUT2D eigenvalue weighted by atomic mass is 16.5. The van der Waals surface area contributed by atoms with Crippen molar-refractivity contribution in [1.29, 1.82) is 0 Å². The van der Waals surface area contributed by atoms with Gasteiger partial charge in [-0.2, -0.15) is 0 Å². The molecule has 0 spiro atoms. The van der Waals surface area contributed by atoms with Crippen LogP contribution in [-0.4, -0.2) is 6.61 Å². The zero-order valence-electron chi connectivity index (χ0n) is 16.4. The maximum Gasteiger partial charge on any atom is 0.0875 e. The maximum atomic E-state index is 5.61. The van der Waals surface area contributed by atoms with E-state index in [2.05, 4.69) is 39.8 Å². The van der Waals surface area contributed by atoms with Crippen LogP contribution >= 0.6 is 0 Å². The molecule has 0 saturated heterocycles. The summed E-state index contributed by atoms with van der Waals surface area (Å²) in [5, 5.41) is 0. The molecule has 136 valence electrons. The molecule has 1 heteroatoms. The molecule has 0 aromatic carbocycles. The third-order valence-electron chi connectivity index (χ3n) is 4.36. The Morgan fingerprint density at radius 2 is 1.52 bits per heavy atom. The zero-order valence-corrected chi connectivity index (χ0v) is 16.4. The van der Waals surface area contributed by atoms with Gasteiger partial charge >= 0.3 is 0 Å². The van der Waals surface area contributed by atoms with Gasteiger partial charge in [0, 0.05) is 0 Å². The molecule has 0 aromatic rings. The molecule has 0 aliphatic heterocycles. The Kier molecular flexibility index (Phi) is 17.1. The van der Waals surface area contributed by atoms with E-state index in [1.165, 1.54) is 82.6 Å². The van der Waals surface area contributed by atoms with Crippen molar-refractivity contribution in [3.63, 3.8) is 0 Å². The Labute approximate surface area is 146 Å². The van der Waals surface area contributed by atoms with Crippen molar-refractivity contribution in [1.82, 2.24) is 0 Å². The van der Waals surface area contributed by atoms with Crippen molar-refractivity contribution >= 4 is 0 Å². The van der Waals surface area contributed by atoms with Crippen molar-refractivity contribution in [2.24, 2.45) is 5.92 Å². The molecule has 0 aliphatic rings. The SMILES string of the molecule is CCCCCCCCCCC=COCCC(C)CCC=C(C)C. The molecule has 1 unspecified atom stereocenters. The van der Waals surface area contributed by atoms with Crippen LogP contribution in [0.3, 0.4) is 0 Å². The average Bonchev–Trinajstić information content (AvgIpc) is 2.51. The van der Waals surface area contributed by atoms with Crippen LogP contribution in [0.15, 0.2) is 24.0 Å². The highest BCUT2D eigenvalue weighted by Crippen LogP contribution is 2.12. The normalized spacial score (nSPS) is 12.5. The molecule has 23 heavy (non-hydrogen) atoms. The van der Waals surface area contributed by atoms with E-state index in [1.54, 1.807) is 0 Å². The summed E-state index contributed by atoms with van der Waals surface area (Å²) in [6, 6.07) is 0. The Balaban J connectivity index is 3.26. The molecule has 0 bridgehead atoms. The van der Waals surface area contributed by atoms with E-state index in [0.717, 1.165) is 12.5 Å². The first-order chi connectivity index (χ1) is 11.2. The lowest BCUT2D eigenvalue weighted by molar-refractivity contribution is 0.222. The van der Waals surface area contributed by atoms with Crippen LogP contribution in [0.4, 0.5) is 0 Å². The minimum atomic E-state index is 0.756. The monoisotopic (exact) mass is 322 g/mol. The molecule has 0 amide bonds. The summed E-state index contributed by atoms with van der Waals surface area (Å²) in [7, 11) is 0. The van der Waals surface area contributed by atoms with Gasteiger partial charge in [-0.05, 0) is 57.9 Å². The molecular formula is C22H42O. The largest absolute Gasteiger partial charge is 0.502 e. The number of ether oxygens (including phenoxy) is 1. The fourth-order valence-corrected chi connectivity index (χ4v) is 2.67. The lowest BCUT2D eigenvalue weighted by Gasteiger charge is -2.09. The highest BCUT2D eigenvalue weighted by Gasteiger charge is 2.00. The second-order valence-electron chi connectivity index (χ2n) is 7.26. The van der Waals surface area contributed by atoms with Gasteiger partial charge in [-0.25, -0.2) is 0 Å². The Hall–Kier alpha value is -0.720. The average molecular weight is 323 g/mol. The maximum absolute atomic E-state index is 5.61. The van der Waals surface area contributed by atoms with Crippen molar-refractivity contribution < 1.29 is 4.74 Å². The van der Waals surface area contributed by atoms with E-state index >= 15 is 0 Å². The number of allylic oxidation sites excluding steroid dienone is 3. The minimum Gasteiger partial charge on any atom is -0.502 e. The Morgan fingerprint density at radius 1 is 0.870 bits per heavy atom. The lowest BCUT2D eigenvalue weighted by Crippen LogP contribution is -1.99. The molecular weight excluding hydrogens is 280 g/mol. The van der Waals surface area contributed by atoms with Crippen molar-refractivity contribution in [3.8, 4) is 0 Å². The predicted molar refractivity (Wildman–Crippen MR) is 105 cm³/mol. The van der Waals surface area contributed by atoms with Crippen molar-refractivity contribution in [2.75, 3.05) is 6.61 Å². The fourth-order valence-electron chi connectivity index (χ4n) is 2.67. The predicted octanol–water partition coefficient (Wildman–Crippen LogP) is 7.82. The van der Waals surface area contributed by atoms with Crippen LogP contribution in [0.5, 0.6) is 0 Å². The quantitative estimate of drug-likeness (QED) is 0.160. The first kappa shape index (κ1) is 22.3. The molecule has 0 fully saturated rings. The zero-order chi connectivity index (χ0) is 17.2. The summed E-state index contributed by atoms with van der Waals surface area (Å²) in [5.74, 6) is 0.756. The van der Waals surface area contributed by atoms with E-state index in [9.17, 15) is 0 Å². The summed E-state index contributed by atoms with van der Waals surface area (Å²) in [6.45, 7) is 9.81. The van der Waals surface area contributed by atoms with E-state index in [0.29, 0.717) is 0 Å². The summed E-state index contributed by atoms with van der Waals surface area (Å²) in [6.07, 6.45) is 22.4. The highest BCUT2D eigenvalue weighted by molar-refractivity contribution is 4.92. The molecule has 0 heterocycles. The van der Waals surface area contributed by atoms with Gasteiger partial charge in [0.05, 0.1) is 12.9 Å². The third kappa shape index (κ3) is 19.2. The lowest BCUT2D eigenvalue weighted by atomic mass is 10.0. The van der Waals surface area contributed by atoms with Crippen molar-refractivity contribution in [3.05, 3.63) is 24.0 Å². The molecule has 0 N–H and O–H groups in total. The van der Waals surface area contributed by atoms with Crippen LogP contribution in [0.2, 0.25) is 0 Å². The third-order valence-corrected chi connectivity index (χ3v) is 4.36. The minimum absolute atomic E-state index is 0.756. The van der Waals surface area contributed by atoms with Gasteiger partial charge in [0.2, 0.25) is 0 Å². The summed E-state index contributed by atoms with van der Waals surface area (Å²) in [5.41, 5.74) is 1.43. The number of unbranched alkanes of at least 4 members (excludes halogenated alkanes) is 8. The van der Waals surface area contributed by atoms with E-state index in [1.807, 2.05) is 6.26 Å². The summed E-state index contributed by atoms with van der Waals surface area (Å²) >= 11 is 0. The second-order valence-corrected chi connectivity index (χ2v) is 7.26. The molecule has 1 atom stereocenters. The van der Waals surface area contributed by atoms with Crippen LogP contribution in [0.1, 0.15) is 105 Å². The van der Waals surface area contributed by atoms with E-state index in [4.69, 9.17) is 4.74 Å². The van der Waals surface area contributed by atoms with Gasteiger partial charge in [-0.15, -0.1) is 0 Å². The smallest absolute Gasteiger partial charge is 0.0875 e. The van der Waals surface area contributed by atoms with Gasteiger partial charge in [0.1, 0.15) is 0 Å². The van der Waals surface area contributed by atoms with Crippen LogP contribution in [0, 0.1) is 5.92 Å². The molecule has 0 radical (unpaired) electrons. The summed E-state index contributed by atoms with van der Waals surface area (Å²) < 4.78 is 5.61.